The first kappa shape index (κ1) is 24.0. The number of rotatable bonds is 4. The predicted octanol–water partition coefficient (Wildman–Crippen LogP) is 5.54. The zero-order chi connectivity index (χ0) is 25.1. The first-order valence-corrected chi connectivity index (χ1v) is 13.0. The Hall–Kier alpha value is -2.69. The lowest BCUT2D eigenvalue weighted by Gasteiger charge is -2.55. The number of ketones is 2. The quantitative estimate of drug-likeness (QED) is 0.535. The van der Waals surface area contributed by atoms with E-state index in [1.807, 2.05) is 20.2 Å². The number of hydrogen-bond donors (Lipinski definition) is 0. The Kier molecular flexibility index (Phi) is 5.81. The van der Waals surface area contributed by atoms with Crippen molar-refractivity contribution in [3.63, 3.8) is 0 Å². The van der Waals surface area contributed by atoms with Crippen molar-refractivity contribution in [2.75, 3.05) is 19.0 Å². The first-order chi connectivity index (χ1) is 16.6. The molecule has 0 bridgehead atoms. The van der Waals surface area contributed by atoms with Crippen molar-refractivity contribution in [2.24, 2.45) is 17.3 Å². The maximum absolute atomic E-state index is 13.2. The summed E-state index contributed by atoms with van der Waals surface area (Å²) in [4.78, 5) is 39.8. The zero-order valence-electron chi connectivity index (χ0n) is 21.6. The Labute approximate surface area is 208 Å². The molecule has 0 radical (unpaired) electrons. The summed E-state index contributed by atoms with van der Waals surface area (Å²) in [6, 6.07) is 8.76. The van der Waals surface area contributed by atoms with E-state index in [4.69, 9.17) is 4.74 Å². The van der Waals surface area contributed by atoms with E-state index in [-0.39, 0.29) is 29.4 Å². The van der Waals surface area contributed by atoms with E-state index >= 15 is 0 Å². The Bertz CT molecular complexity index is 1140. The average Bonchev–Trinajstić information content (AvgIpc) is 3.10. The molecule has 0 aromatic heterocycles. The number of ether oxygens (including phenoxy) is 1. The van der Waals surface area contributed by atoms with E-state index in [0.29, 0.717) is 18.8 Å². The normalized spacial score (nSPS) is 33.9. The molecule has 0 heterocycles. The summed E-state index contributed by atoms with van der Waals surface area (Å²) >= 11 is 0. The third-order valence-electron chi connectivity index (χ3n) is 9.55. The highest BCUT2D eigenvalue weighted by Crippen LogP contribution is 2.67. The molecule has 186 valence electrons. The minimum Gasteiger partial charge on any atom is -0.451 e. The van der Waals surface area contributed by atoms with Gasteiger partial charge in [-0.15, -0.1) is 0 Å². The van der Waals surface area contributed by atoms with Gasteiger partial charge in [0.1, 0.15) is 0 Å². The molecular formula is C30H37NO4. The van der Waals surface area contributed by atoms with Crippen LogP contribution in [0.3, 0.4) is 0 Å². The highest BCUT2D eigenvalue weighted by atomic mass is 16.6. The Morgan fingerprint density at radius 3 is 2.37 bits per heavy atom. The molecule has 0 aliphatic heterocycles. The van der Waals surface area contributed by atoms with Gasteiger partial charge in [0.2, 0.25) is 0 Å². The molecule has 2 saturated carbocycles. The summed E-state index contributed by atoms with van der Waals surface area (Å²) in [5.74, 6) is 0.584. The number of hydrogen-bond acceptors (Lipinski definition) is 5. The van der Waals surface area contributed by atoms with Crippen molar-refractivity contribution >= 4 is 23.2 Å². The van der Waals surface area contributed by atoms with Crippen LogP contribution in [0, 0.1) is 17.3 Å². The maximum Gasteiger partial charge on any atom is 0.303 e. The molecule has 0 spiro atoms. The highest BCUT2D eigenvalue weighted by Gasteiger charge is 2.67. The summed E-state index contributed by atoms with van der Waals surface area (Å²) < 4.78 is 6.00. The average molecular weight is 476 g/mol. The molecule has 5 atom stereocenters. The number of esters is 1. The Balaban J connectivity index is 1.68. The second kappa shape index (κ2) is 8.46. The number of anilines is 1. The minimum atomic E-state index is -1.07. The molecule has 0 saturated heterocycles. The maximum atomic E-state index is 13.2. The number of nitrogens with zero attached hydrogens (tertiary/aromatic N) is 1. The first-order valence-electron chi connectivity index (χ1n) is 13.0. The van der Waals surface area contributed by atoms with Gasteiger partial charge in [-0.3, -0.25) is 14.4 Å². The Morgan fingerprint density at radius 1 is 1.03 bits per heavy atom. The van der Waals surface area contributed by atoms with Crippen LogP contribution in [0.2, 0.25) is 0 Å². The molecule has 0 amide bonds. The van der Waals surface area contributed by atoms with Gasteiger partial charge in [-0.1, -0.05) is 24.6 Å². The molecule has 1 aromatic rings. The van der Waals surface area contributed by atoms with Crippen molar-refractivity contribution < 1.29 is 19.1 Å². The van der Waals surface area contributed by atoms with Gasteiger partial charge in [-0.05, 0) is 92.2 Å². The van der Waals surface area contributed by atoms with Crippen LogP contribution < -0.4 is 4.90 Å². The smallest absolute Gasteiger partial charge is 0.303 e. The number of carbonyl (C=O) groups excluding carboxylic acids is 3. The predicted molar refractivity (Wildman–Crippen MR) is 136 cm³/mol. The second-order valence-electron chi connectivity index (χ2n) is 11.5. The van der Waals surface area contributed by atoms with Crippen LogP contribution in [-0.4, -0.2) is 37.2 Å². The fourth-order valence-corrected chi connectivity index (χ4v) is 8.02. The van der Waals surface area contributed by atoms with E-state index < -0.39 is 11.0 Å². The van der Waals surface area contributed by atoms with E-state index in [0.717, 1.165) is 37.8 Å². The molecule has 2 fully saturated rings. The van der Waals surface area contributed by atoms with Crippen molar-refractivity contribution in [1.82, 2.24) is 0 Å². The molecule has 4 aliphatic carbocycles. The van der Waals surface area contributed by atoms with Crippen molar-refractivity contribution in [3.8, 4) is 0 Å². The Morgan fingerprint density at radius 2 is 1.74 bits per heavy atom. The van der Waals surface area contributed by atoms with Crippen LogP contribution in [-0.2, 0) is 19.1 Å². The molecular weight excluding hydrogens is 438 g/mol. The number of Topliss-reactive ketones (excluding diaryl/α,β-unsaturated/α-hetero) is 1. The van der Waals surface area contributed by atoms with Crippen LogP contribution in [0.25, 0.3) is 0 Å². The van der Waals surface area contributed by atoms with Crippen LogP contribution in [0.5, 0.6) is 0 Å². The SMILES string of the molecule is CC(=O)O[C@]1(C(C)=O)CC[C@H]2[C@@H]3CCC4=CC(=O)CCC4=C3[C@H](c3ccc(N(C)C)cc3)C[C@@]21C. The lowest BCUT2D eigenvalue weighted by atomic mass is 9.50. The van der Waals surface area contributed by atoms with E-state index in [2.05, 4.69) is 36.1 Å². The second-order valence-corrected chi connectivity index (χ2v) is 11.5. The number of allylic oxidation sites excluding steroid dienone is 4. The summed E-state index contributed by atoms with van der Waals surface area (Å²) in [7, 11) is 4.08. The third-order valence-corrected chi connectivity index (χ3v) is 9.55. The monoisotopic (exact) mass is 475 g/mol. The topological polar surface area (TPSA) is 63.7 Å². The third kappa shape index (κ3) is 3.61. The molecule has 5 rings (SSSR count). The van der Waals surface area contributed by atoms with Crippen LogP contribution in [0.15, 0.2) is 47.1 Å². The van der Waals surface area contributed by atoms with Gasteiger partial charge in [-0.2, -0.15) is 0 Å². The summed E-state index contributed by atoms with van der Waals surface area (Å²) in [6.07, 6.45) is 7.41. The summed E-state index contributed by atoms with van der Waals surface area (Å²) in [5.41, 5.74) is 4.98. The van der Waals surface area contributed by atoms with Gasteiger partial charge in [0.25, 0.3) is 0 Å². The van der Waals surface area contributed by atoms with Crippen molar-refractivity contribution in [3.05, 3.63) is 52.6 Å². The van der Waals surface area contributed by atoms with Gasteiger partial charge in [0.15, 0.2) is 17.2 Å². The van der Waals surface area contributed by atoms with Gasteiger partial charge < -0.3 is 9.64 Å². The van der Waals surface area contributed by atoms with Crippen molar-refractivity contribution in [2.45, 2.75) is 77.2 Å². The number of fused-ring (bicyclic) bond motifs is 4. The van der Waals surface area contributed by atoms with Crippen LogP contribution >= 0.6 is 0 Å². The van der Waals surface area contributed by atoms with Crippen LogP contribution in [0.4, 0.5) is 5.69 Å². The number of benzene rings is 1. The molecule has 35 heavy (non-hydrogen) atoms. The lowest BCUT2D eigenvalue weighted by molar-refractivity contribution is -0.182. The lowest BCUT2D eigenvalue weighted by Crippen LogP contribution is -2.57. The zero-order valence-corrected chi connectivity index (χ0v) is 21.6. The molecule has 0 N–H and O–H groups in total. The highest BCUT2D eigenvalue weighted by molar-refractivity contribution is 5.93. The fourth-order valence-electron chi connectivity index (χ4n) is 8.02. The fraction of sp³-hybridized carbons (Fsp3) is 0.567. The molecule has 4 aliphatic rings. The minimum absolute atomic E-state index is 0.0323. The molecule has 5 heteroatoms. The van der Waals surface area contributed by atoms with E-state index in [9.17, 15) is 14.4 Å². The van der Waals surface area contributed by atoms with Crippen molar-refractivity contribution in [1.29, 1.82) is 0 Å². The van der Waals surface area contributed by atoms with Crippen LogP contribution in [0.1, 0.15) is 77.2 Å². The van der Waals surface area contributed by atoms with Gasteiger partial charge >= 0.3 is 5.97 Å². The van der Waals surface area contributed by atoms with Gasteiger partial charge in [0, 0.05) is 44.5 Å². The standard InChI is InChI=1S/C30H37NO4/c1-18(32)30(35-19(2)33)15-14-27-25-12-8-21-16-23(34)11-13-24(21)28(25)26(17-29(27,30)3)20-6-9-22(10-7-20)31(4)5/h6-7,9-10,16,25-27H,8,11-15,17H2,1-5H3/t25-,26-,27-,29-,30-/m0/s1. The summed E-state index contributed by atoms with van der Waals surface area (Å²) in [6.45, 7) is 5.22. The van der Waals surface area contributed by atoms with Gasteiger partial charge in [-0.25, -0.2) is 0 Å². The van der Waals surface area contributed by atoms with Gasteiger partial charge in [0.05, 0.1) is 0 Å². The number of carbonyl (C=O) groups is 3. The molecule has 0 unspecified atom stereocenters. The molecule has 1 aromatic carbocycles. The molecule has 5 nitrogen and oxygen atoms in total. The van der Waals surface area contributed by atoms with E-state index in [1.165, 1.54) is 29.2 Å². The largest absolute Gasteiger partial charge is 0.451 e. The van der Waals surface area contributed by atoms with E-state index in [1.54, 1.807) is 6.92 Å². The summed E-state index contributed by atoms with van der Waals surface area (Å²) in [5, 5.41) is 0.